The fourth-order valence-electron chi connectivity index (χ4n) is 1.93. The Kier molecular flexibility index (Phi) is 4.59. The molecule has 4 heteroatoms. The third-order valence-corrected chi connectivity index (χ3v) is 3.04. The molecule has 0 unspecified atom stereocenters. The Bertz CT molecular complexity index is 615. The number of nitriles is 1. The zero-order valence-electron chi connectivity index (χ0n) is 11.3. The Morgan fingerprint density at radius 3 is 2.45 bits per heavy atom. The third kappa shape index (κ3) is 3.08. The van der Waals surface area contributed by atoms with E-state index >= 15 is 0 Å². The van der Waals surface area contributed by atoms with Crippen molar-refractivity contribution >= 4 is 5.69 Å². The van der Waals surface area contributed by atoms with Gasteiger partial charge in [-0.1, -0.05) is 30.3 Å². The van der Waals surface area contributed by atoms with Crippen molar-refractivity contribution in [3.8, 4) is 11.8 Å². The van der Waals surface area contributed by atoms with Crippen molar-refractivity contribution in [2.24, 2.45) is 0 Å². The van der Waals surface area contributed by atoms with Gasteiger partial charge in [-0.15, -0.1) is 0 Å². The van der Waals surface area contributed by atoms with E-state index < -0.39 is 0 Å². The highest BCUT2D eigenvalue weighted by Crippen LogP contribution is 2.28. The highest BCUT2D eigenvalue weighted by molar-refractivity contribution is 5.66. The Labute approximate surface area is 118 Å². The first-order chi connectivity index (χ1) is 9.78. The monoisotopic (exact) mass is 268 g/mol. The minimum absolute atomic E-state index is 0.0405. The van der Waals surface area contributed by atoms with Gasteiger partial charge in [-0.2, -0.15) is 5.26 Å². The van der Waals surface area contributed by atoms with Crippen LogP contribution in [0.15, 0.2) is 42.5 Å². The topological polar surface area (TPSA) is 65.3 Å². The lowest BCUT2D eigenvalue weighted by molar-refractivity contribution is 0.282. The Balaban J connectivity index is 2.15. The molecule has 0 heterocycles. The summed E-state index contributed by atoms with van der Waals surface area (Å²) in [5, 5.41) is 21.4. The van der Waals surface area contributed by atoms with Crippen molar-refractivity contribution in [3.05, 3.63) is 59.2 Å². The van der Waals surface area contributed by atoms with E-state index in [-0.39, 0.29) is 6.61 Å². The number of nitrogens with one attached hydrogen (secondary N) is 1. The smallest absolute Gasteiger partial charge is 0.143 e. The first-order valence-electron chi connectivity index (χ1n) is 6.28. The molecule has 0 aromatic heterocycles. The number of nitrogens with zero attached hydrogens (tertiary/aromatic N) is 1. The zero-order valence-corrected chi connectivity index (χ0v) is 11.3. The molecule has 0 bridgehead atoms. The SMILES string of the molecule is COc1cccc(C#N)c1NCc1ccc(CO)cc1. The van der Waals surface area contributed by atoms with Crippen LogP contribution in [0.4, 0.5) is 5.69 Å². The van der Waals surface area contributed by atoms with Crippen LogP contribution in [-0.2, 0) is 13.2 Å². The Hall–Kier alpha value is -2.51. The minimum atomic E-state index is 0.0405. The van der Waals surface area contributed by atoms with Gasteiger partial charge in [0.1, 0.15) is 11.8 Å². The van der Waals surface area contributed by atoms with E-state index in [0.29, 0.717) is 23.5 Å². The van der Waals surface area contributed by atoms with Gasteiger partial charge in [-0.25, -0.2) is 0 Å². The fraction of sp³-hybridized carbons (Fsp3) is 0.188. The standard InChI is InChI=1S/C16H16N2O2/c1-20-15-4-2-3-14(9-17)16(15)18-10-12-5-7-13(11-19)8-6-12/h2-8,18-19H,10-11H2,1H3. The molecular formula is C16H16N2O2. The summed E-state index contributed by atoms with van der Waals surface area (Å²) in [6, 6.07) is 15.2. The predicted octanol–water partition coefficient (Wildman–Crippen LogP) is 2.67. The van der Waals surface area contributed by atoms with E-state index in [2.05, 4.69) is 11.4 Å². The maximum Gasteiger partial charge on any atom is 0.143 e. The number of ether oxygens (including phenoxy) is 1. The van der Waals surface area contributed by atoms with Crippen molar-refractivity contribution in [2.45, 2.75) is 13.2 Å². The van der Waals surface area contributed by atoms with Crippen LogP contribution in [0.3, 0.4) is 0 Å². The summed E-state index contributed by atoms with van der Waals surface area (Å²) in [7, 11) is 1.58. The number of benzene rings is 2. The van der Waals surface area contributed by atoms with Crippen LogP contribution in [0.25, 0.3) is 0 Å². The van der Waals surface area contributed by atoms with Gasteiger partial charge in [0.25, 0.3) is 0 Å². The Morgan fingerprint density at radius 2 is 1.85 bits per heavy atom. The van der Waals surface area contributed by atoms with Gasteiger partial charge < -0.3 is 15.2 Å². The zero-order chi connectivity index (χ0) is 14.4. The van der Waals surface area contributed by atoms with E-state index in [9.17, 15) is 0 Å². The maximum atomic E-state index is 9.13. The molecule has 4 nitrogen and oxygen atoms in total. The average molecular weight is 268 g/mol. The number of methoxy groups -OCH3 is 1. The maximum absolute atomic E-state index is 9.13. The summed E-state index contributed by atoms with van der Waals surface area (Å²) in [4.78, 5) is 0. The summed E-state index contributed by atoms with van der Waals surface area (Å²) < 4.78 is 5.27. The second-order valence-electron chi connectivity index (χ2n) is 4.32. The second kappa shape index (κ2) is 6.60. The molecule has 2 aromatic carbocycles. The molecule has 0 aliphatic heterocycles. The average Bonchev–Trinajstić information content (AvgIpc) is 2.52. The summed E-state index contributed by atoms with van der Waals surface area (Å²) >= 11 is 0. The van der Waals surface area contributed by atoms with Crippen LogP contribution < -0.4 is 10.1 Å². The van der Waals surface area contributed by atoms with Gasteiger partial charge in [0.05, 0.1) is 25.0 Å². The second-order valence-corrected chi connectivity index (χ2v) is 4.32. The minimum Gasteiger partial charge on any atom is -0.495 e. The summed E-state index contributed by atoms with van der Waals surface area (Å²) in [6.07, 6.45) is 0. The van der Waals surface area contributed by atoms with Crippen LogP contribution >= 0.6 is 0 Å². The van der Waals surface area contributed by atoms with Crippen molar-refractivity contribution < 1.29 is 9.84 Å². The van der Waals surface area contributed by atoms with Gasteiger partial charge in [0, 0.05) is 6.54 Å². The first kappa shape index (κ1) is 13.9. The van der Waals surface area contributed by atoms with Gasteiger partial charge in [-0.05, 0) is 23.3 Å². The van der Waals surface area contributed by atoms with Crippen LogP contribution in [0, 0.1) is 11.3 Å². The molecule has 0 aliphatic rings. The highest BCUT2D eigenvalue weighted by atomic mass is 16.5. The number of rotatable bonds is 5. The highest BCUT2D eigenvalue weighted by Gasteiger charge is 2.08. The number of hydrogen-bond acceptors (Lipinski definition) is 4. The van der Waals surface area contributed by atoms with E-state index in [4.69, 9.17) is 15.1 Å². The predicted molar refractivity (Wildman–Crippen MR) is 77.4 cm³/mol. The number of aliphatic hydroxyl groups excluding tert-OH is 1. The lowest BCUT2D eigenvalue weighted by atomic mass is 10.1. The van der Waals surface area contributed by atoms with Gasteiger partial charge >= 0.3 is 0 Å². The molecule has 0 amide bonds. The number of anilines is 1. The molecule has 2 rings (SSSR count). The van der Waals surface area contributed by atoms with Crippen molar-refractivity contribution in [2.75, 3.05) is 12.4 Å². The molecular weight excluding hydrogens is 252 g/mol. The molecule has 0 atom stereocenters. The van der Waals surface area contributed by atoms with Gasteiger partial charge in [-0.3, -0.25) is 0 Å². The summed E-state index contributed by atoms with van der Waals surface area (Å²) in [5.41, 5.74) is 3.20. The van der Waals surface area contributed by atoms with Gasteiger partial charge in [0.15, 0.2) is 0 Å². The molecule has 2 N–H and O–H groups in total. The molecule has 0 spiro atoms. The van der Waals surface area contributed by atoms with Crippen LogP contribution in [0.2, 0.25) is 0 Å². The summed E-state index contributed by atoms with van der Waals surface area (Å²) in [5.74, 6) is 0.649. The van der Waals surface area contributed by atoms with E-state index in [1.807, 2.05) is 30.3 Å². The van der Waals surface area contributed by atoms with Crippen LogP contribution in [0.1, 0.15) is 16.7 Å². The van der Waals surface area contributed by atoms with Gasteiger partial charge in [0.2, 0.25) is 0 Å². The number of para-hydroxylation sites is 1. The molecule has 0 aliphatic carbocycles. The quantitative estimate of drug-likeness (QED) is 0.875. The van der Waals surface area contributed by atoms with Crippen molar-refractivity contribution in [3.63, 3.8) is 0 Å². The van der Waals surface area contributed by atoms with E-state index in [0.717, 1.165) is 11.1 Å². The molecule has 0 fully saturated rings. The normalized spacial score (nSPS) is 9.85. The lowest BCUT2D eigenvalue weighted by Gasteiger charge is -2.12. The molecule has 102 valence electrons. The molecule has 0 saturated heterocycles. The fourth-order valence-corrected chi connectivity index (χ4v) is 1.93. The molecule has 0 radical (unpaired) electrons. The lowest BCUT2D eigenvalue weighted by Crippen LogP contribution is -2.03. The van der Waals surface area contributed by atoms with Crippen molar-refractivity contribution in [1.29, 1.82) is 5.26 Å². The largest absolute Gasteiger partial charge is 0.495 e. The van der Waals surface area contributed by atoms with E-state index in [1.54, 1.807) is 19.2 Å². The van der Waals surface area contributed by atoms with Crippen molar-refractivity contribution in [1.82, 2.24) is 0 Å². The molecule has 2 aromatic rings. The van der Waals surface area contributed by atoms with Crippen LogP contribution in [-0.4, -0.2) is 12.2 Å². The van der Waals surface area contributed by atoms with E-state index in [1.165, 1.54) is 0 Å². The number of aliphatic hydroxyl groups is 1. The molecule has 0 saturated carbocycles. The number of hydrogen-bond donors (Lipinski definition) is 2. The Morgan fingerprint density at radius 1 is 1.15 bits per heavy atom. The first-order valence-corrected chi connectivity index (χ1v) is 6.28. The molecule has 20 heavy (non-hydrogen) atoms. The van der Waals surface area contributed by atoms with Crippen LogP contribution in [0.5, 0.6) is 5.75 Å². The summed E-state index contributed by atoms with van der Waals surface area (Å²) in [6.45, 7) is 0.625. The third-order valence-electron chi connectivity index (χ3n) is 3.04.